The molecule has 7 heteroatoms. The molecule has 0 saturated carbocycles. The third kappa shape index (κ3) is 3.22. The van der Waals surface area contributed by atoms with Crippen LogP contribution in [0.1, 0.15) is 23.8 Å². The van der Waals surface area contributed by atoms with Crippen molar-refractivity contribution < 1.29 is 9.59 Å². The number of halogens is 1. The molecule has 0 aliphatic carbocycles. The van der Waals surface area contributed by atoms with Gasteiger partial charge >= 0.3 is 0 Å². The molecule has 0 radical (unpaired) electrons. The number of piperidine rings is 1. The summed E-state index contributed by atoms with van der Waals surface area (Å²) < 4.78 is 1.21. The number of imide groups is 1. The summed E-state index contributed by atoms with van der Waals surface area (Å²) in [6, 6.07) is 15.1. The highest BCUT2D eigenvalue weighted by molar-refractivity contribution is 7.18. The summed E-state index contributed by atoms with van der Waals surface area (Å²) in [4.78, 5) is 33.4. The molecule has 2 amide bonds. The number of benzene rings is 2. The van der Waals surface area contributed by atoms with Gasteiger partial charge in [-0.15, -0.1) is 11.3 Å². The fourth-order valence-corrected chi connectivity index (χ4v) is 5.33. The van der Waals surface area contributed by atoms with E-state index in [1.807, 2.05) is 23.1 Å². The van der Waals surface area contributed by atoms with Crippen LogP contribution in [-0.2, 0) is 9.59 Å². The number of aromatic nitrogens is 1. The number of rotatable bonds is 3. The van der Waals surface area contributed by atoms with Gasteiger partial charge in [0.25, 0.3) is 11.8 Å². The van der Waals surface area contributed by atoms with E-state index in [1.165, 1.54) is 10.8 Å². The van der Waals surface area contributed by atoms with Crippen molar-refractivity contribution >= 4 is 50.7 Å². The number of likely N-dealkylation sites (tertiary alicyclic amines) is 1. The number of nitrogens with zero attached hydrogens (tertiary/aromatic N) is 3. The molecule has 1 fully saturated rings. The highest BCUT2D eigenvalue weighted by Gasteiger charge is 2.37. The Morgan fingerprint density at radius 2 is 1.72 bits per heavy atom. The average Bonchev–Trinajstić information content (AvgIpc) is 3.30. The molecule has 1 saturated heterocycles. The number of amides is 2. The summed E-state index contributed by atoms with van der Waals surface area (Å²) in [5, 5.41) is 1.55. The van der Waals surface area contributed by atoms with Gasteiger partial charge in [-0.25, -0.2) is 9.88 Å². The van der Waals surface area contributed by atoms with E-state index in [9.17, 15) is 9.59 Å². The van der Waals surface area contributed by atoms with Crippen LogP contribution in [0.4, 0.5) is 5.69 Å². The third-order valence-electron chi connectivity index (χ3n) is 5.49. The number of fused-ring (bicyclic) bond motifs is 1. The van der Waals surface area contributed by atoms with Crippen molar-refractivity contribution in [2.45, 2.75) is 18.8 Å². The predicted molar refractivity (Wildman–Crippen MR) is 115 cm³/mol. The van der Waals surface area contributed by atoms with E-state index in [1.54, 1.807) is 35.6 Å². The first kappa shape index (κ1) is 18.3. The van der Waals surface area contributed by atoms with Crippen molar-refractivity contribution in [3.8, 4) is 0 Å². The Balaban J connectivity index is 1.31. The van der Waals surface area contributed by atoms with E-state index in [0.29, 0.717) is 22.3 Å². The fourth-order valence-electron chi connectivity index (χ4n) is 3.98. The number of para-hydroxylation sites is 2. The van der Waals surface area contributed by atoms with E-state index in [4.69, 9.17) is 16.6 Å². The lowest BCUT2D eigenvalue weighted by atomic mass is 9.97. The van der Waals surface area contributed by atoms with Crippen LogP contribution in [0.5, 0.6) is 0 Å². The monoisotopic (exact) mass is 423 g/mol. The van der Waals surface area contributed by atoms with Gasteiger partial charge in [-0.3, -0.25) is 9.59 Å². The minimum absolute atomic E-state index is 0.304. The van der Waals surface area contributed by atoms with Crippen molar-refractivity contribution in [2.75, 3.05) is 18.0 Å². The molecule has 5 nitrogen and oxygen atoms in total. The van der Waals surface area contributed by atoms with E-state index >= 15 is 0 Å². The van der Waals surface area contributed by atoms with Gasteiger partial charge in [0, 0.05) is 25.1 Å². The SMILES string of the molecule is O=C1C=C(N2CCC(c3nc4ccccc4s3)CC2)C(=O)N1c1ccccc1Cl. The van der Waals surface area contributed by atoms with Crippen molar-refractivity contribution in [2.24, 2.45) is 0 Å². The first-order chi connectivity index (χ1) is 14.1. The molecule has 0 bridgehead atoms. The standard InChI is InChI=1S/C22H18ClN3O2S/c23-15-5-1-3-7-17(15)26-20(27)13-18(22(26)28)25-11-9-14(10-12-25)21-24-16-6-2-4-8-19(16)29-21/h1-8,13-14H,9-12H2. The Morgan fingerprint density at radius 1 is 1.00 bits per heavy atom. The van der Waals surface area contributed by atoms with Crippen molar-refractivity contribution in [1.29, 1.82) is 0 Å². The number of anilines is 1. The smallest absolute Gasteiger partial charge is 0.281 e. The van der Waals surface area contributed by atoms with Gasteiger partial charge in [0.1, 0.15) is 5.70 Å². The second-order valence-corrected chi connectivity index (χ2v) is 8.71. The van der Waals surface area contributed by atoms with Gasteiger partial charge in [-0.2, -0.15) is 0 Å². The Morgan fingerprint density at radius 3 is 2.48 bits per heavy atom. The normalized spacial score (nSPS) is 18.0. The zero-order valence-electron chi connectivity index (χ0n) is 15.5. The molecule has 0 atom stereocenters. The Bertz CT molecular complexity index is 1110. The highest BCUT2D eigenvalue weighted by atomic mass is 35.5. The molecule has 3 aromatic rings. The average molecular weight is 424 g/mol. The summed E-state index contributed by atoms with van der Waals surface area (Å²) in [5.74, 6) is -0.260. The quantitative estimate of drug-likeness (QED) is 0.578. The van der Waals surface area contributed by atoms with Crippen LogP contribution < -0.4 is 4.90 Å². The molecule has 5 rings (SSSR count). The molecule has 0 spiro atoms. The second kappa shape index (κ2) is 7.28. The highest BCUT2D eigenvalue weighted by Crippen LogP contribution is 2.36. The summed E-state index contributed by atoms with van der Waals surface area (Å²) in [6.07, 6.45) is 3.25. The molecule has 3 heterocycles. The van der Waals surface area contributed by atoms with Crippen LogP contribution in [0.3, 0.4) is 0 Å². The topological polar surface area (TPSA) is 53.5 Å². The van der Waals surface area contributed by atoms with E-state index in [-0.39, 0.29) is 11.8 Å². The molecule has 2 aliphatic rings. The molecular formula is C22H18ClN3O2S. The fraction of sp³-hybridized carbons (Fsp3) is 0.227. The number of carbonyl (C=O) groups is 2. The lowest BCUT2D eigenvalue weighted by Gasteiger charge is -2.33. The van der Waals surface area contributed by atoms with Crippen molar-refractivity contribution in [3.05, 3.63) is 70.3 Å². The first-order valence-corrected chi connectivity index (χ1v) is 10.8. The molecule has 2 aliphatic heterocycles. The van der Waals surface area contributed by atoms with Crippen molar-refractivity contribution in [3.63, 3.8) is 0 Å². The number of hydrogen-bond donors (Lipinski definition) is 0. The summed E-state index contributed by atoms with van der Waals surface area (Å²) >= 11 is 7.95. The molecule has 146 valence electrons. The molecule has 0 N–H and O–H groups in total. The maximum atomic E-state index is 13.0. The molecule has 29 heavy (non-hydrogen) atoms. The van der Waals surface area contributed by atoms with Gasteiger partial charge in [0.2, 0.25) is 0 Å². The van der Waals surface area contributed by atoms with Crippen LogP contribution in [-0.4, -0.2) is 34.8 Å². The maximum Gasteiger partial charge on any atom is 0.281 e. The minimum Gasteiger partial charge on any atom is -0.367 e. The first-order valence-electron chi connectivity index (χ1n) is 9.57. The van der Waals surface area contributed by atoms with Crippen LogP contribution in [0, 0.1) is 0 Å². The van der Waals surface area contributed by atoms with Crippen LogP contribution in [0.25, 0.3) is 10.2 Å². The summed E-state index contributed by atoms with van der Waals surface area (Å²) in [7, 11) is 0. The molecular weight excluding hydrogens is 406 g/mol. The zero-order valence-corrected chi connectivity index (χ0v) is 17.1. The van der Waals surface area contributed by atoms with Crippen LogP contribution in [0.15, 0.2) is 60.3 Å². The van der Waals surface area contributed by atoms with Gasteiger partial charge in [0.05, 0.1) is 25.9 Å². The van der Waals surface area contributed by atoms with Crippen LogP contribution in [0.2, 0.25) is 5.02 Å². The largest absolute Gasteiger partial charge is 0.367 e. The van der Waals surface area contributed by atoms with Crippen LogP contribution >= 0.6 is 22.9 Å². The van der Waals surface area contributed by atoms with Gasteiger partial charge in [0.15, 0.2) is 0 Å². The molecule has 2 aromatic carbocycles. The van der Waals surface area contributed by atoms with E-state index in [0.717, 1.165) is 41.4 Å². The summed E-state index contributed by atoms with van der Waals surface area (Å²) in [5.41, 5.74) is 1.93. The minimum atomic E-state index is -0.341. The van der Waals surface area contributed by atoms with Crippen molar-refractivity contribution in [1.82, 2.24) is 9.88 Å². The lowest BCUT2D eigenvalue weighted by molar-refractivity contribution is -0.121. The van der Waals surface area contributed by atoms with E-state index < -0.39 is 0 Å². The Labute approximate surface area is 177 Å². The maximum absolute atomic E-state index is 13.0. The number of thiazole rings is 1. The molecule has 1 aromatic heterocycles. The predicted octanol–water partition coefficient (Wildman–Crippen LogP) is 4.59. The number of carbonyl (C=O) groups excluding carboxylic acids is 2. The Hall–Kier alpha value is -2.70. The Kier molecular flexibility index (Phi) is 4.60. The lowest BCUT2D eigenvalue weighted by Crippen LogP contribution is -2.38. The van der Waals surface area contributed by atoms with E-state index in [2.05, 4.69) is 6.07 Å². The van der Waals surface area contributed by atoms with Gasteiger partial charge in [-0.1, -0.05) is 35.9 Å². The second-order valence-electron chi connectivity index (χ2n) is 7.24. The molecule has 0 unspecified atom stereocenters. The zero-order chi connectivity index (χ0) is 20.0. The number of hydrogen-bond acceptors (Lipinski definition) is 5. The third-order valence-corrected chi connectivity index (χ3v) is 7.01. The van der Waals surface area contributed by atoms with Gasteiger partial charge < -0.3 is 4.90 Å². The summed E-state index contributed by atoms with van der Waals surface area (Å²) in [6.45, 7) is 1.45. The van der Waals surface area contributed by atoms with Gasteiger partial charge in [-0.05, 0) is 37.1 Å².